The van der Waals surface area contributed by atoms with E-state index < -0.39 is 0 Å². The van der Waals surface area contributed by atoms with Crippen molar-refractivity contribution >= 4 is 11.6 Å². The third-order valence-electron chi connectivity index (χ3n) is 3.00. The van der Waals surface area contributed by atoms with Crippen molar-refractivity contribution in [2.24, 2.45) is 0 Å². The molecule has 0 bridgehead atoms. The Labute approximate surface area is 110 Å². The van der Waals surface area contributed by atoms with Crippen molar-refractivity contribution in [1.29, 1.82) is 0 Å². The largest absolute Gasteiger partial charge is 0.373 e. The predicted molar refractivity (Wildman–Crippen MR) is 77.2 cm³/mol. The van der Waals surface area contributed by atoms with Gasteiger partial charge in [0.1, 0.15) is 17.5 Å². The van der Waals surface area contributed by atoms with E-state index in [0.717, 1.165) is 37.0 Å². The molecule has 0 fully saturated rings. The molecule has 1 heterocycles. The zero-order chi connectivity index (χ0) is 13.5. The molecule has 0 unspecified atom stereocenters. The Morgan fingerprint density at radius 1 is 1.28 bits per heavy atom. The summed E-state index contributed by atoms with van der Waals surface area (Å²) in [5.74, 6) is 2.62. The van der Waals surface area contributed by atoms with Gasteiger partial charge in [-0.25, -0.2) is 9.97 Å². The van der Waals surface area contributed by atoms with Gasteiger partial charge in [-0.1, -0.05) is 6.92 Å². The van der Waals surface area contributed by atoms with Crippen molar-refractivity contribution in [3.63, 3.8) is 0 Å². The number of nitrogens with zero attached hydrogens (tertiary/aromatic N) is 3. The van der Waals surface area contributed by atoms with Gasteiger partial charge >= 0.3 is 0 Å². The van der Waals surface area contributed by atoms with Crippen LogP contribution in [0, 0.1) is 0 Å². The summed E-state index contributed by atoms with van der Waals surface area (Å²) in [6.45, 7) is 8.33. The molecule has 102 valence electrons. The van der Waals surface area contributed by atoms with Gasteiger partial charge in [0, 0.05) is 38.7 Å². The highest BCUT2D eigenvalue weighted by Gasteiger charge is 2.04. The summed E-state index contributed by atoms with van der Waals surface area (Å²) in [7, 11) is 4.00. The Morgan fingerprint density at radius 3 is 2.50 bits per heavy atom. The standard InChI is InChI=1S/C13H25N5/c1-6-11-16-12(14-4)9-13(17-11)15-7-8-18(5)10(2)3/h9-10H,6-8H2,1-5H3,(H2,14,15,16,17). The lowest BCUT2D eigenvalue weighted by Gasteiger charge is -2.21. The lowest BCUT2D eigenvalue weighted by molar-refractivity contribution is 0.284. The molecular weight excluding hydrogens is 226 g/mol. The number of aryl methyl sites for hydroxylation is 1. The van der Waals surface area contributed by atoms with Crippen LogP contribution in [0.2, 0.25) is 0 Å². The van der Waals surface area contributed by atoms with E-state index in [-0.39, 0.29) is 0 Å². The van der Waals surface area contributed by atoms with E-state index in [1.54, 1.807) is 0 Å². The Bertz CT molecular complexity index is 342. The van der Waals surface area contributed by atoms with Crippen molar-refractivity contribution in [2.45, 2.75) is 33.2 Å². The Kier molecular flexibility index (Phi) is 5.85. The molecule has 0 saturated carbocycles. The molecule has 1 aromatic rings. The van der Waals surface area contributed by atoms with Crippen LogP contribution < -0.4 is 10.6 Å². The van der Waals surface area contributed by atoms with Gasteiger partial charge < -0.3 is 15.5 Å². The molecule has 5 nitrogen and oxygen atoms in total. The number of aromatic nitrogens is 2. The van der Waals surface area contributed by atoms with Crippen LogP contribution in [0.5, 0.6) is 0 Å². The van der Waals surface area contributed by atoms with E-state index in [2.05, 4.69) is 53.3 Å². The first-order chi connectivity index (χ1) is 8.56. The Balaban J connectivity index is 2.56. The minimum absolute atomic E-state index is 0.566. The van der Waals surface area contributed by atoms with Crippen molar-refractivity contribution in [2.75, 3.05) is 37.8 Å². The van der Waals surface area contributed by atoms with E-state index in [0.29, 0.717) is 6.04 Å². The first-order valence-corrected chi connectivity index (χ1v) is 6.56. The van der Waals surface area contributed by atoms with Crippen LogP contribution >= 0.6 is 0 Å². The second kappa shape index (κ2) is 7.16. The number of hydrogen-bond acceptors (Lipinski definition) is 5. The highest BCUT2D eigenvalue weighted by atomic mass is 15.1. The Morgan fingerprint density at radius 2 is 1.94 bits per heavy atom. The highest BCUT2D eigenvalue weighted by molar-refractivity contribution is 5.47. The first kappa shape index (κ1) is 14.7. The van der Waals surface area contributed by atoms with Crippen LogP contribution in [0.25, 0.3) is 0 Å². The zero-order valence-corrected chi connectivity index (χ0v) is 12.1. The fourth-order valence-electron chi connectivity index (χ4n) is 1.49. The third-order valence-corrected chi connectivity index (χ3v) is 3.00. The van der Waals surface area contributed by atoms with Gasteiger partial charge in [0.25, 0.3) is 0 Å². The van der Waals surface area contributed by atoms with Gasteiger partial charge in [-0.15, -0.1) is 0 Å². The molecule has 0 aliphatic carbocycles. The average Bonchev–Trinajstić information content (AvgIpc) is 2.37. The second-order valence-corrected chi connectivity index (χ2v) is 4.66. The molecule has 18 heavy (non-hydrogen) atoms. The van der Waals surface area contributed by atoms with Gasteiger partial charge in [0.15, 0.2) is 0 Å². The number of nitrogens with one attached hydrogen (secondary N) is 2. The molecule has 1 aromatic heterocycles. The molecule has 0 saturated heterocycles. The molecule has 0 aromatic carbocycles. The van der Waals surface area contributed by atoms with Crippen molar-refractivity contribution in [3.8, 4) is 0 Å². The van der Waals surface area contributed by atoms with Crippen molar-refractivity contribution in [3.05, 3.63) is 11.9 Å². The molecular formula is C13H25N5. The Hall–Kier alpha value is -1.36. The molecule has 5 heteroatoms. The van der Waals surface area contributed by atoms with E-state index in [1.165, 1.54) is 0 Å². The minimum Gasteiger partial charge on any atom is -0.373 e. The van der Waals surface area contributed by atoms with Gasteiger partial charge in [-0.3, -0.25) is 0 Å². The number of anilines is 2. The van der Waals surface area contributed by atoms with Gasteiger partial charge in [-0.2, -0.15) is 0 Å². The zero-order valence-electron chi connectivity index (χ0n) is 12.1. The van der Waals surface area contributed by atoms with Crippen LogP contribution in [0.3, 0.4) is 0 Å². The maximum atomic E-state index is 4.46. The second-order valence-electron chi connectivity index (χ2n) is 4.66. The summed E-state index contributed by atoms with van der Waals surface area (Å²) in [5, 5.41) is 6.41. The third kappa shape index (κ3) is 4.49. The van der Waals surface area contributed by atoms with Crippen molar-refractivity contribution in [1.82, 2.24) is 14.9 Å². The van der Waals surface area contributed by atoms with E-state index in [9.17, 15) is 0 Å². The molecule has 0 aliphatic heterocycles. The maximum absolute atomic E-state index is 4.46. The van der Waals surface area contributed by atoms with E-state index in [4.69, 9.17) is 0 Å². The van der Waals surface area contributed by atoms with Crippen LogP contribution in [0.15, 0.2) is 6.07 Å². The average molecular weight is 251 g/mol. The summed E-state index contributed by atoms with van der Waals surface area (Å²) in [4.78, 5) is 11.1. The lowest BCUT2D eigenvalue weighted by Crippen LogP contribution is -2.31. The minimum atomic E-state index is 0.566. The molecule has 0 radical (unpaired) electrons. The van der Waals surface area contributed by atoms with Gasteiger partial charge in [-0.05, 0) is 20.9 Å². The SMILES string of the molecule is CCc1nc(NC)cc(NCCN(C)C(C)C)n1. The normalized spacial score (nSPS) is 11.1. The molecule has 1 rings (SSSR count). The lowest BCUT2D eigenvalue weighted by atomic mass is 10.3. The van der Waals surface area contributed by atoms with Gasteiger partial charge in [0.05, 0.1) is 0 Å². The summed E-state index contributed by atoms with van der Waals surface area (Å²) < 4.78 is 0. The van der Waals surface area contributed by atoms with Crippen LogP contribution in [0.1, 0.15) is 26.6 Å². The monoisotopic (exact) mass is 251 g/mol. The number of rotatable bonds is 7. The highest BCUT2D eigenvalue weighted by Crippen LogP contribution is 2.10. The number of hydrogen-bond donors (Lipinski definition) is 2. The number of likely N-dealkylation sites (N-methyl/N-ethyl adjacent to an activating group) is 1. The first-order valence-electron chi connectivity index (χ1n) is 6.56. The topological polar surface area (TPSA) is 53.1 Å². The summed E-state index contributed by atoms with van der Waals surface area (Å²) in [6, 6.07) is 2.51. The van der Waals surface area contributed by atoms with Crippen molar-refractivity contribution < 1.29 is 0 Å². The molecule has 0 amide bonds. The van der Waals surface area contributed by atoms with Crippen LogP contribution in [-0.2, 0) is 6.42 Å². The quantitative estimate of drug-likeness (QED) is 0.774. The fourth-order valence-corrected chi connectivity index (χ4v) is 1.49. The van der Waals surface area contributed by atoms with E-state index >= 15 is 0 Å². The van der Waals surface area contributed by atoms with Gasteiger partial charge in [0.2, 0.25) is 0 Å². The maximum Gasteiger partial charge on any atom is 0.132 e. The molecule has 0 atom stereocenters. The van der Waals surface area contributed by atoms with Crippen LogP contribution in [-0.4, -0.2) is 48.1 Å². The molecule has 0 spiro atoms. The van der Waals surface area contributed by atoms with E-state index in [1.807, 2.05) is 13.1 Å². The summed E-state index contributed by atoms with van der Waals surface area (Å²) >= 11 is 0. The molecule has 0 aliphatic rings. The summed E-state index contributed by atoms with van der Waals surface area (Å²) in [6.07, 6.45) is 0.843. The fraction of sp³-hybridized carbons (Fsp3) is 0.692. The van der Waals surface area contributed by atoms with Crippen LogP contribution in [0.4, 0.5) is 11.6 Å². The summed E-state index contributed by atoms with van der Waals surface area (Å²) in [5.41, 5.74) is 0. The predicted octanol–water partition coefficient (Wildman–Crippen LogP) is 1.83. The smallest absolute Gasteiger partial charge is 0.132 e. The molecule has 2 N–H and O–H groups in total.